The first-order valence-corrected chi connectivity index (χ1v) is 8.39. The molecule has 0 bridgehead atoms. The molecule has 4 amide bonds. The summed E-state index contributed by atoms with van der Waals surface area (Å²) in [5.41, 5.74) is 0.129. The molecular weight excluding hydrogens is 348 g/mol. The van der Waals surface area contributed by atoms with Gasteiger partial charge in [0, 0.05) is 0 Å². The second-order valence-electron chi connectivity index (χ2n) is 6.37. The van der Waals surface area contributed by atoms with Gasteiger partial charge in [-0.25, -0.2) is 4.79 Å². The predicted molar refractivity (Wildman–Crippen MR) is 97.5 cm³/mol. The zero-order valence-electron chi connectivity index (χ0n) is 15.1. The molecule has 0 aromatic heterocycles. The van der Waals surface area contributed by atoms with E-state index in [1.165, 1.54) is 0 Å². The topological polar surface area (TPSA) is 93.7 Å². The van der Waals surface area contributed by atoms with Crippen LogP contribution in [0.3, 0.4) is 0 Å². The first-order valence-electron chi connectivity index (χ1n) is 8.39. The molecule has 1 saturated heterocycles. The quantitative estimate of drug-likeness (QED) is 0.759. The Morgan fingerprint density at radius 3 is 1.41 bits per heavy atom. The summed E-state index contributed by atoms with van der Waals surface area (Å²) < 4.78 is 10.3. The van der Waals surface area contributed by atoms with Crippen molar-refractivity contribution in [1.82, 2.24) is 10.6 Å². The second kappa shape index (κ2) is 7.49. The van der Waals surface area contributed by atoms with Crippen molar-refractivity contribution in [2.24, 2.45) is 5.41 Å². The third-order valence-corrected chi connectivity index (χ3v) is 4.65. The molecule has 2 N–H and O–H groups in total. The summed E-state index contributed by atoms with van der Waals surface area (Å²) in [4.78, 5) is 37.0. The number of carbonyl (C=O) groups excluding carboxylic acids is 3. The summed E-state index contributed by atoms with van der Waals surface area (Å²) in [5, 5.41) is 4.45. The predicted octanol–water partition coefficient (Wildman–Crippen LogP) is 1.84. The second-order valence-corrected chi connectivity index (χ2v) is 6.37. The lowest BCUT2D eigenvalue weighted by molar-refractivity contribution is -0.144. The average Bonchev–Trinajstić information content (AvgIpc) is 2.67. The monoisotopic (exact) mass is 368 g/mol. The number of barbiturate groups is 1. The molecule has 0 spiro atoms. The Morgan fingerprint density at radius 2 is 1.07 bits per heavy atom. The molecule has 0 aliphatic carbocycles. The third kappa shape index (κ3) is 3.76. The summed E-state index contributed by atoms with van der Waals surface area (Å²) in [5.74, 6) is 0.136. The number of benzene rings is 2. The van der Waals surface area contributed by atoms with Gasteiger partial charge in [0.25, 0.3) is 0 Å². The lowest BCUT2D eigenvalue weighted by atomic mass is 9.74. The first kappa shape index (κ1) is 18.4. The van der Waals surface area contributed by atoms with Gasteiger partial charge < -0.3 is 9.47 Å². The number of amides is 4. The van der Waals surface area contributed by atoms with Crippen molar-refractivity contribution >= 4 is 17.8 Å². The van der Waals surface area contributed by atoms with E-state index in [4.69, 9.17) is 9.47 Å². The standard InChI is InChI=1S/C20H20N2O5/c1-26-15-7-3-13(4-8-15)11-20(17(23)21-19(25)22-18(20)24)12-14-5-9-16(27-2)10-6-14/h3-10H,11-12H2,1-2H3,(H2,21,22,23,24,25). The third-order valence-electron chi connectivity index (χ3n) is 4.65. The van der Waals surface area contributed by atoms with Gasteiger partial charge in [-0.1, -0.05) is 24.3 Å². The van der Waals surface area contributed by atoms with Crippen LogP contribution in [-0.4, -0.2) is 32.1 Å². The smallest absolute Gasteiger partial charge is 0.328 e. The van der Waals surface area contributed by atoms with Crippen molar-refractivity contribution in [3.8, 4) is 11.5 Å². The molecule has 7 heteroatoms. The van der Waals surface area contributed by atoms with Gasteiger partial charge in [0.05, 0.1) is 14.2 Å². The number of carbonyl (C=O) groups is 3. The fourth-order valence-corrected chi connectivity index (χ4v) is 3.15. The summed E-state index contributed by atoms with van der Waals surface area (Å²) in [6, 6.07) is 13.4. The minimum absolute atomic E-state index is 0.147. The van der Waals surface area contributed by atoms with Gasteiger partial charge in [-0.3, -0.25) is 20.2 Å². The van der Waals surface area contributed by atoms with Crippen LogP contribution >= 0.6 is 0 Å². The first-order chi connectivity index (χ1) is 13.0. The van der Waals surface area contributed by atoms with Gasteiger partial charge in [-0.05, 0) is 48.2 Å². The van der Waals surface area contributed by atoms with Crippen molar-refractivity contribution in [2.75, 3.05) is 14.2 Å². The normalized spacial score (nSPS) is 15.7. The van der Waals surface area contributed by atoms with E-state index in [1.54, 1.807) is 62.8 Å². The van der Waals surface area contributed by atoms with Gasteiger partial charge in [0.2, 0.25) is 11.8 Å². The molecule has 2 aromatic rings. The fraction of sp³-hybridized carbons (Fsp3) is 0.250. The van der Waals surface area contributed by atoms with Crippen LogP contribution in [0.2, 0.25) is 0 Å². The van der Waals surface area contributed by atoms with Crippen LogP contribution in [0.15, 0.2) is 48.5 Å². The molecule has 0 unspecified atom stereocenters. The number of nitrogens with one attached hydrogen (secondary N) is 2. The number of methoxy groups -OCH3 is 2. The van der Waals surface area contributed by atoms with Gasteiger partial charge in [-0.15, -0.1) is 0 Å². The summed E-state index contributed by atoms with van der Waals surface area (Å²) in [6.07, 6.45) is 0.294. The van der Waals surface area contributed by atoms with Crippen LogP contribution in [0.4, 0.5) is 4.79 Å². The Labute approximate surface area is 156 Å². The number of hydrogen-bond acceptors (Lipinski definition) is 5. The number of hydrogen-bond donors (Lipinski definition) is 2. The van der Waals surface area contributed by atoms with E-state index in [0.717, 1.165) is 11.1 Å². The number of urea groups is 1. The highest BCUT2D eigenvalue weighted by Crippen LogP contribution is 2.32. The molecule has 2 aromatic carbocycles. The lowest BCUT2D eigenvalue weighted by Gasteiger charge is -2.34. The maximum atomic E-state index is 12.7. The molecule has 7 nitrogen and oxygen atoms in total. The zero-order chi connectivity index (χ0) is 19.4. The Kier molecular flexibility index (Phi) is 5.12. The summed E-state index contributed by atoms with van der Waals surface area (Å²) >= 11 is 0. The molecule has 1 heterocycles. The van der Waals surface area contributed by atoms with Gasteiger partial charge in [-0.2, -0.15) is 0 Å². The fourth-order valence-electron chi connectivity index (χ4n) is 3.15. The maximum absolute atomic E-state index is 12.7. The van der Waals surface area contributed by atoms with E-state index < -0.39 is 23.3 Å². The van der Waals surface area contributed by atoms with Crippen LogP contribution in [0, 0.1) is 5.41 Å². The Balaban J connectivity index is 1.95. The molecule has 1 fully saturated rings. The SMILES string of the molecule is COc1ccc(CC2(Cc3ccc(OC)cc3)C(=O)NC(=O)NC2=O)cc1. The number of ether oxygens (including phenoxy) is 2. The maximum Gasteiger partial charge on any atom is 0.328 e. The number of imide groups is 2. The van der Waals surface area contributed by atoms with Gasteiger partial charge in [0.15, 0.2) is 0 Å². The Morgan fingerprint density at radius 1 is 0.704 bits per heavy atom. The van der Waals surface area contributed by atoms with Crippen molar-refractivity contribution in [2.45, 2.75) is 12.8 Å². The molecule has 1 aliphatic heterocycles. The van der Waals surface area contributed by atoms with Crippen molar-refractivity contribution in [1.29, 1.82) is 0 Å². The summed E-state index contributed by atoms with van der Waals surface area (Å²) in [7, 11) is 3.13. The molecule has 0 radical (unpaired) electrons. The van der Waals surface area contributed by atoms with E-state index in [9.17, 15) is 14.4 Å². The minimum atomic E-state index is -1.43. The van der Waals surface area contributed by atoms with E-state index in [-0.39, 0.29) is 12.8 Å². The molecule has 27 heavy (non-hydrogen) atoms. The molecule has 0 atom stereocenters. The zero-order valence-corrected chi connectivity index (χ0v) is 15.1. The van der Waals surface area contributed by atoms with E-state index >= 15 is 0 Å². The van der Waals surface area contributed by atoms with Crippen molar-refractivity contribution in [3.05, 3.63) is 59.7 Å². The highest BCUT2D eigenvalue weighted by molar-refractivity contribution is 6.19. The Hall–Kier alpha value is -3.35. The molecule has 0 saturated carbocycles. The average molecular weight is 368 g/mol. The van der Waals surface area contributed by atoms with Crippen molar-refractivity contribution in [3.63, 3.8) is 0 Å². The highest BCUT2D eigenvalue weighted by atomic mass is 16.5. The van der Waals surface area contributed by atoms with Crippen LogP contribution < -0.4 is 20.1 Å². The van der Waals surface area contributed by atoms with Crippen LogP contribution in [0.1, 0.15) is 11.1 Å². The van der Waals surface area contributed by atoms with E-state index in [1.807, 2.05) is 0 Å². The van der Waals surface area contributed by atoms with E-state index in [0.29, 0.717) is 11.5 Å². The molecular formula is C20H20N2O5. The van der Waals surface area contributed by atoms with Crippen molar-refractivity contribution < 1.29 is 23.9 Å². The molecule has 1 aliphatic rings. The Bertz CT molecular complexity index is 787. The largest absolute Gasteiger partial charge is 0.497 e. The molecule has 140 valence electrons. The lowest BCUT2D eigenvalue weighted by Crippen LogP contribution is -2.64. The molecule has 3 rings (SSSR count). The van der Waals surface area contributed by atoms with Gasteiger partial charge in [0.1, 0.15) is 16.9 Å². The van der Waals surface area contributed by atoms with Crippen LogP contribution in [-0.2, 0) is 22.4 Å². The highest BCUT2D eigenvalue weighted by Gasteiger charge is 2.50. The van der Waals surface area contributed by atoms with Crippen LogP contribution in [0.5, 0.6) is 11.5 Å². The van der Waals surface area contributed by atoms with E-state index in [2.05, 4.69) is 10.6 Å². The van der Waals surface area contributed by atoms with Crippen LogP contribution in [0.25, 0.3) is 0 Å². The van der Waals surface area contributed by atoms with Gasteiger partial charge >= 0.3 is 6.03 Å². The number of rotatable bonds is 6. The summed E-state index contributed by atoms with van der Waals surface area (Å²) in [6.45, 7) is 0. The minimum Gasteiger partial charge on any atom is -0.497 e.